The number of carbonyl (C=O) groups excluding carboxylic acids is 1. The number of aromatic nitrogens is 3. The Bertz CT molecular complexity index is 685. The highest BCUT2D eigenvalue weighted by atomic mass is 16.5. The third kappa shape index (κ3) is 3.50. The van der Waals surface area contributed by atoms with Gasteiger partial charge in [-0.15, -0.1) is 0 Å². The molecule has 0 spiro atoms. The Balaban J connectivity index is 1.64. The maximum atomic E-state index is 12.3. The summed E-state index contributed by atoms with van der Waals surface area (Å²) in [5.41, 5.74) is 0.998. The Morgan fingerprint density at radius 2 is 2.30 bits per heavy atom. The van der Waals surface area contributed by atoms with Crippen LogP contribution < -0.4 is 5.32 Å². The average molecular weight is 315 g/mol. The van der Waals surface area contributed by atoms with E-state index in [4.69, 9.17) is 4.74 Å². The lowest BCUT2D eigenvalue weighted by molar-refractivity contribution is 0.0190. The molecule has 0 saturated carbocycles. The summed E-state index contributed by atoms with van der Waals surface area (Å²) in [5.74, 6) is 1.67. The van der Waals surface area contributed by atoms with Crippen molar-refractivity contribution in [1.82, 2.24) is 24.8 Å². The van der Waals surface area contributed by atoms with Crippen molar-refractivity contribution in [3.8, 4) is 5.82 Å². The first kappa shape index (κ1) is 15.5. The van der Waals surface area contributed by atoms with Crippen LogP contribution >= 0.6 is 0 Å². The summed E-state index contributed by atoms with van der Waals surface area (Å²) >= 11 is 0. The highest BCUT2D eigenvalue weighted by Crippen LogP contribution is 2.10. The number of morpholine rings is 1. The van der Waals surface area contributed by atoms with Gasteiger partial charge in [0.05, 0.1) is 19.3 Å². The fraction of sp³-hybridized carbons (Fsp3) is 0.438. The van der Waals surface area contributed by atoms with Gasteiger partial charge in [-0.3, -0.25) is 4.57 Å². The van der Waals surface area contributed by atoms with Gasteiger partial charge in [-0.25, -0.2) is 14.8 Å². The van der Waals surface area contributed by atoms with Crippen molar-refractivity contribution < 1.29 is 9.53 Å². The zero-order valence-corrected chi connectivity index (χ0v) is 13.4. The third-order valence-electron chi connectivity index (χ3n) is 3.95. The van der Waals surface area contributed by atoms with Crippen LogP contribution in [0.25, 0.3) is 5.82 Å². The van der Waals surface area contributed by atoms with E-state index in [2.05, 4.69) is 15.3 Å². The van der Waals surface area contributed by atoms with Gasteiger partial charge < -0.3 is 15.0 Å². The van der Waals surface area contributed by atoms with Crippen LogP contribution in [0.5, 0.6) is 0 Å². The van der Waals surface area contributed by atoms with Gasteiger partial charge in [-0.05, 0) is 31.5 Å². The molecule has 1 aliphatic rings. The normalized spacial score (nSPS) is 18.0. The molecule has 0 aromatic carbocycles. The molecule has 23 heavy (non-hydrogen) atoms. The number of nitrogens with one attached hydrogen (secondary N) is 1. The summed E-state index contributed by atoms with van der Waals surface area (Å²) in [5, 5.41) is 2.96. The van der Waals surface area contributed by atoms with E-state index in [-0.39, 0.29) is 12.1 Å². The molecule has 1 saturated heterocycles. The molecular formula is C16H21N5O2. The Kier molecular flexibility index (Phi) is 4.57. The number of nitrogens with zero attached hydrogens (tertiary/aromatic N) is 4. The summed E-state index contributed by atoms with van der Waals surface area (Å²) in [6.07, 6.45) is 5.36. The molecule has 122 valence electrons. The largest absolute Gasteiger partial charge is 0.377 e. The van der Waals surface area contributed by atoms with E-state index in [1.165, 1.54) is 0 Å². The van der Waals surface area contributed by atoms with Gasteiger partial charge >= 0.3 is 6.03 Å². The third-order valence-corrected chi connectivity index (χ3v) is 3.95. The van der Waals surface area contributed by atoms with Gasteiger partial charge in [0.25, 0.3) is 0 Å². The van der Waals surface area contributed by atoms with Crippen LogP contribution in [0.1, 0.15) is 18.3 Å². The van der Waals surface area contributed by atoms with Crippen LogP contribution in [0.4, 0.5) is 4.79 Å². The zero-order valence-electron chi connectivity index (χ0n) is 13.4. The minimum absolute atomic E-state index is 0.0574. The molecule has 2 aromatic heterocycles. The SMILES string of the molecule is Cc1nccn1-c1cc(CNC(=O)N2CCOCC2C)ccn1. The lowest BCUT2D eigenvalue weighted by Gasteiger charge is -2.33. The molecule has 1 aliphatic heterocycles. The summed E-state index contributed by atoms with van der Waals surface area (Å²) in [6.45, 7) is 6.19. The molecule has 0 aliphatic carbocycles. The highest BCUT2D eigenvalue weighted by molar-refractivity contribution is 5.74. The molecule has 1 unspecified atom stereocenters. The van der Waals surface area contributed by atoms with Gasteiger partial charge in [0.2, 0.25) is 0 Å². The van der Waals surface area contributed by atoms with Crippen LogP contribution in [-0.4, -0.2) is 51.3 Å². The standard InChI is InChI=1S/C16H21N5O2/c1-12-11-23-8-7-20(12)16(22)19-10-14-3-4-18-15(9-14)21-6-5-17-13(21)2/h3-6,9,12H,7-8,10-11H2,1-2H3,(H,19,22). The van der Waals surface area contributed by atoms with Crippen molar-refractivity contribution in [2.24, 2.45) is 0 Å². The molecule has 0 radical (unpaired) electrons. The first-order valence-corrected chi connectivity index (χ1v) is 7.72. The van der Waals surface area contributed by atoms with Gasteiger partial charge in [0.15, 0.2) is 0 Å². The predicted molar refractivity (Wildman–Crippen MR) is 85.3 cm³/mol. The highest BCUT2D eigenvalue weighted by Gasteiger charge is 2.23. The van der Waals surface area contributed by atoms with Crippen molar-refractivity contribution in [2.75, 3.05) is 19.8 Å². The molecule has 2 aromatic rings. The summed E-state index contributed by atoms with van der Waals surface area (Å²) < 4.78 is 7.27. The second kappa shape index (κ2) is 6.78. The number of pyridine rings is 1. The molecular weight excluding hydrogens is 294 g/mol. The van der Waals surface area contributed by atoms with Crippen LogP contribution in [0.2, 0.25) is 0 Å². The maximum absolute atomic E-state index is 12.3. The Labute approximate surface area is 135 Å². The smallest absolute Gasteiger partial charge is 0.318 e. The van der Waals surface area contributed by atoms with Crippen molar-refractivity contribution >= 4 is 6.03 Å². The molecule has 7 nitrogen and oxygen atoms in total. The number of aryl methyl sites for hydroxylation is 1. The quantitative estimate of drug-likeness (QED) is 0.932. The predicted octanol–water partition coefficient (Wildman–Crippen LogP) is 1.51. The van der Waals surface area contributed by atoms with E-state index in [0.717, 1.165) is 17.2 Å². The van der Waals surface area contributed by atoms with Crippen LogP contribution in [-0.2, 0) is 11.3 Å². The van der Waals surface area contributed by atoms with E-state index in [1.54, 1.807) is 12.4 Å². The van der Waals surface area contributed by atoms with Crippen LogP contribution in [0.3, 0.4) is 0 Å². The van der Waals surface area contributed by atoms with Crippen molar-refractivity contribution in [1.29, 1.82) is 0 Å². The summed E-state index contributed by atoms with van der Waals surface area (Å²) in [7, 11) is 0. The minimum atomic E-state index is -0.0574. The van der Waals surface area contributed by atoms with E-state index >= 15 is 0 Å². The average Bonchev–Trinajstić information content (AvgIpc) is 2.99. The fourth-order valence-electron chi connectivity index (χ4n) is 2.63. The van der Waals surface area contributed by atoms with Gasteiger partial charge in [0, 0.05) is 31.7 Å². The van der Waals surface area contributed by atoms with Gasteiger partial charge in [-0.1, -0.05) is 0 Å². The summed E-state index contributed by atoms with van der Waals surface area (Å²) in [6, 6.07) is 3.90. The van der Waals surface area contributed by atoms with Crippen LogP contribution in [0, 0.1) is 6.92 Å². The molecule has 3 heterocycles. The van der Waals surface area contributed by atoms with Crippen molar-refractivity contribution in [2.45, 2.75) is 26.4 Å². The van der Waals surface area contributed by atoms with Crippen molar-refractivity contribution in [3.63, 3.8) is 0 Å². The lowest BCUT2D eigenvalue weighted by atomic mass is 10.2. The Hall–Kier alpha value is -2.41. The molecule has 7 heteroatoms. The van der Waals surface area contributed by atoms with Crippen LogP contribution in [0.15, 0.2) is 30.7 Å². The lowest BCUT2D eigenvalue weighted by Crippen LogP contribution is -2.51. The van der Waals surface area contributed by atoms with E-state index < -0.39 is 0 Å². The molecule has 3 rings (SSSR count). The fourth-order valence-corrected chi connectivity index (χ4v) is 2.63. The van der Waals surface area contributed by atoms with E-state index in [1.807, 2.05) is 41.6 Å². The number of carbonyl (C=O) groups is 1. The minimum Gasteiger partial charge on any atom is -0.377 e. The number of rotatable bonds is 3. The van der Waals surface area contributed by atoms with Gasteiger partial charge in [-0.2, -0.15) is 0 Å². The number of amides is 2. The maximum Gasteiger partial charge on any atom is 0.318 e. The number of imidazole rings is 1. The summed E-state index contributed by atoms with van der Waals surface area (Å²) in [4.78, 5) is 22.6. The van der Waals surface area contributed by atoms with E-state index in [0.29, 0.717) is 26.3 Å². The van der Waals surface area contributed by atoms with Crippen molar-refractivity contribution in [3.05, 3.63) is 42.1 Å². The second-order valence-electron chi connectivity index (χ2n) is 5.64. The molecule has 1 fully saturated rings. The first-order valence-electron chi connectivity index (χ1n) is 7.72. The molecule has 1 N–H and O–H groups in total. The monoisotopic (exact) mass is 315 g/mol. The number of hydrogen-bond acceptors (Lipinski definition) is 4. The molecule has 1 atom stereocenters. The van der Waals surface area contributed by atoms with Gasteiger partial charge in [0.1, 0.15) is 11.6 Å². The second-order valence-corrected chi connectivity index (χ2v) is 5.64. The Morgan fingerprint density at radius 3 is 3.04 bits per heavy atom. The van der Waals surface area contributed by atoms with E-state index in [9.17, 15) is 4.79 Å². The number of hydrogen-bond donors (Lipinski definition) is 1. The number of ether oxygens (including phenoxy) is 1. The first-order chi connectivity index (χ1) is 11.1. The molecule has 2 amide bonds. The Morgan fingerprint density at radius 1 is 1.43 bits per heavy atom. The molecule has 0 bridgehead atoms. The number of urea groups is 1. The topological polar surface area (TPSA) is 72.3 Å². The zero-order chi connectivity index (χ0) is 16.2.